The summed E-state index contributed by atoms with van der Waals surface area (Å²) >= 11 is 0. The molecule has 6 nitrogen and oxygen atoms in total. The standard InChI is InChI=1S/C15H20N4O2S/c1-10(2)12-7-5-6-11(3)15(12)16-13-8-9-14(18-17-13)19-22(4,20)21/h5-10H,1-4H3,(H,16,17)(H,18,19). The maximum Gasteiger partial charge on any atom is 0.231 e. The molecule has 1 aromatic carbocycles. The molecule has 0 saturated carbocycles. The molecule has 0 saturated heterocycles. The molecule has 2 N–H and O–H groups in total. The van der Waals surface area contributed by atoms with Crippen molar-refractivity contribution in [2.24, 2.45) is 0 Å². The molecule has 0 atom stereocenters. The first-order chi connectivity index (χ1) is 10.3. The van der Waals surface area contributed by atoms with E-state index in [0.29, 0.717) is 11.7 Å². The Bertz CT molecular complexity index is 756. The van der Waals surface area contributed by atoms with Crippen molar-refractivity contribution in [2.75, 3.05) is 16.3 Å². The molecule has 0 radical (unpaired) electrons. The normalized spacial score (nSPS) is 11.5. The van der Waals surface area contributed by atoms with E-state index in [0.717, 1.165) is 17.5 Å². The van der Waals surface area contributed by atoms with Crippen molar-refractivity contribution in [1.82, 2.24) is 10.2 Å². The number of benzene rings is 1. The van der Waals surface area contributed by atoms with Gasteiger partial charge in [-0.1, -0.05) is 32.0 Å². The number of hydrogen-bond acceptors (Lipinski definition) is 5. The van der Waals surface area contributed by atoms with Crippen molar-refractivity contribution in [1.29, 1.82) is 0 Å². The van der Waals surface area contributed by atoms with Crippen LogP contribution in [0.2, 0.25) is 0 Å². The van der Waals surface area contributed by atoms with Gasteiger partial charge in [0, 0.05) is 5.69 Å². The maximum absolute atomic E-state index is 11.1. The number of rotatable bonds is 5. The van der Waals surface area contributed by atoms with E-state index in [1.165, 1.54) is 5.56 Å². The Morgan fingerprint density at radius 1 is 1.05 bits per heavy atom. The molecule has 0 amide bonds. The molecule has 2 aromatic rings. The first-order valence-electron chi connectivity index (χ1n) is 6.94. The topological polar surface area (TPSA) is 84.0 Å². The molecule has 7 heteroatoms. The van der Waals surface area contributed by atoms with Crippen LogP contribution in [0.5, 0.6) is 0 Å². The van der Waals surface area contributed by atoms with Crippen molar-refractivity contribution < 1.29 is 8.42 Å². The minimum Gasteiger partial charge on any atom is -0.338 e. The molecule has 118 valence electrons. The highest BCUT2D eigenvalue weighted by Crippen LogP contribution is 2.29. The number of anilines is 3. The molecular formula is C15H20N4O2S. The summed E-state index contributed by atoms with van der Waals surface area (Å²) in [6, 6.07) is 9.40. The van der Waals surface area contributed by atoms with Crippen molar-refractivity contribution in [3.63, 3.8) is 0 Å². The van der Waals surface area contributed by atoms with Crippen molar-refractivity contribution >= 4 is 27.3 Å². The second-order valence-corrected chi connectivity index (χ2v) is 7.25. The molecule has 0 fully saturated rings. The fraction of sp³-hybridized carbons (Fsp3) is 0.333. The summed E-state index contributed by atoms with van der Waals surface area (Å²) in [5, 5.41) is 11.1. The number of hydrogen-bond donors (Lipinski definition) is 2. The number of sulfonamides is 1. The van der Waals surface area contributed by atoms with Crippen LogP contribution in [0.4, 0.5) is 17.3 Å². The molecule has 0 aliphatic rings. The predicted octanol–water partition coefficient (Wildman–Crippen LogP) is 3.02. The summed E-state index contributed by atoms with van der Waals surface area (Å²) in [5.41, 5.74) is 3.32. The van der Waals surface area contributed by atoms with Gasteiger partial charge in [-0.3, -0.25) is 4.72 Å². The summed E-state index contributed by atoms with van der Waals surface area (Å²) in [6.45, 7) is 6.29. The van der Waals surface area contributed by atoms with Gasteiger partial charge in [-0.25, -0.2) is 8.42 Å². The number of nitrogens with one attached hydrogen (secondary N) is 2. The van der Waals surface area contributed by atoms with Gasteiger partial charge in [0.1, 0.15) is 0 Å². The van der Waals surface area contributed by atoms with Gasteiger partial charge in [0.05, 0.1) is 6.26 Å². The summed E-state index contributed by atoms with van der Waals surface area (Å²) < 4.78 is 24.6. The van der Waals surface area contributed by atoms with E-state index in [2.05, 4.69) is 40.2 Å². The highest BCUT2D eigenvalue weighted by atomic mass is 32.2. The lowest BCUT2D eigenvalue weighted by atomic mass is 9.98. The lowest BCUT2D eigenvalue weighted by Crippen LogP contribution is -2.11. The van der Waals surface area contributed by atoms with E-state index >= 15 is 0 Å². The molecule has 1 aromatic heterocycles. The van der Waals surface area contributed by atoms with Crippen LogP contribution in [0, 0.1) is 6.92 Å². The van der Waals surface area contributed by atoms with E-state index < -0.39 is 10.0 Å². The Morgan fingerprint density at radius 3 is 2.23 bits per heavy atom. The molecule has 0 aliphatic heterocycles. The molecular weight excluding hydrogens is 300 g/mol. The van der Waals surface area contributed by atoms with Gasteiger partial charge >= 0.3 is 0 Å². The summed E-state index contributed by atoms with van der Waals surface area (Å²) in [4.78, 5) is 0. The van der Waals surface area contributed by atoms with Gasteiger partial charge < -0.3 is 5.32 Å². The SMILES string of the molecule is Cc1cccc(C(C)C)c1Nc1ccc(NS(C)(=O)=O)nn1. The van der Waals surface area contributed by atoms with Crippen LogP contribution in [0.1, 0.15) is 30.9 Å². The molecule has 2 rings (SSSR count). The van der Waals surface area contributed by atoms with E-state index in [-0.39, 0.29) is 5.82 Å². The second-order valence-electron chi connectivity index (χ2n) is 5.50. The molecule has 0 bridgehead atoms. The lowest BCUT2D eigenvalue weighted by molar-refractivity contribution is 0.606. The third-order valence-corrected chi connectivity index (χ3v) is 3.71. The van der Waals surface area contributed by atoms with Crippen molar-refractivity contribution in [2.45, 2.75) is 26.7 Å². The summed E-state index contributed by atoms with van der Waals surface area (Å²) in [7, 11) is -3.35. The summed E-state index contributed by atoms with van der Waals surface area (Å²) in [6.07, 6.45) is 1.07. The largest absolute Gasteiger partial charge is 0.338 e. The van der Waals surface area contributed by atoms with Crippen LogP contribution in [0.15, 0.2) is 30.3 Å². The number of aromatic nitrogens is 2. The van der Waals surface area contributed by atoms with Crippen molar-refractivity contribution in [3.8, 4) is 0 Å². The zero-order valence-electron chi connectivity index (χ0n) is 13.1. The minimum absolute atomic E-state index is 0.196. The Hall–Kier alpha value is -2.15. The zero-order valence-corrected chi connectivity index (χ0v) is 13.9. The quantitative estimate of drug-likeness (QED) is 0.884. The van der Waals surface area contributed by atoms with Gasteiger partial charge in [0.15, 0.2) is 11.6 Å². The monoisotopic (exact) mass is 320 g/mol. The smallest absolute Gasteiger partial charge is 0.231 e. The van der Waals surface area contributed by atoms with Gasteiger partial charge in [-0.15, -0.1) is 10.2 Å². The van der Waals surface area contributed by atoms with Gasteiger partial charge in [-0.05, 0) is 36.1 Å². The van der Waals surface area contributed by atoms with Gasteiger partial charge in [-0.2, -0.15) is 0 Å². The third-order valence-electron chi connectivity index (χ3n) is 3.13. The van der Waals surface area contributed by atoms with Crippen LogP contribution < -0.4 is 10.0 Å². The van der Waals surface area contributed by atoms with E-state index in [1.807, 2.05) is 19.1 Å². The van der Waals surface area contributed by atoms with Gasteiger partial charge in [0.2, 0.25) is 10.0 Å². The Balaban J connectivity index is 2.25. The Kier molecular flexibility index (Phi) is 4.65. The van der Waals surface area contributed by atoms with E-state index in [1.54, 1.807) is 12.1 Å². The third kappa shape index (κ3) is 4.17. The molecule has 22 heavy (non-hydrogen) atoms. The van der Waals surface area contributed by atoms with Crippen LogP contribution in [0.25, 0.3) is 0 Å². The minimum atomic E-state index is -3.35. The highest BCUT2D eigenvalue weighted by molar-refractivity contribution is 7.92. The lowest BCUT2D eigenvalue weighted by Gasteiger charge is -2.16. The van der Waals surface area contributed by atoms with Gasteiger partial charge in [0.25, 0.3) is 0 Å². The molecule has 1 heterocycles. The fourth-order valence-corrected chi connectivity index (χ4v) is 2.60. The van der Waals surface area contributed by atoms with Crippen LogP contribution in [-0.2, 0) is 10.0 Å². The zero-order chi connectivity index (χ0) is 16.3. The number of aryl methyl sites for hydroxylation is 1. The van der Waals surface area contributed by atoms with E-state index in [9.17, 15) is 8.42 Å². The first kappa shape index (κ1) is 16.2. The molecule has 0 unspecified atom stereocenters. The van der Waals surface area contributed by atoms with Crippen molar-refractivity contribution in [3.05, 3.63) is 41.5 Å². The Morgan fingerprint density at radius 2 is 1.68 bits per heavy atom. The average molecular weight is 320 g/mol. The van der Waals surface area contributed by atoms with Crippen LogP contribution in [-0.4, -0.2) is 24.9 Å². The molecule has 0 spiro atoms. The van der Waals surface area contributed by atoms with Crippen LogP contribution >= 0.6 is 0 Å². The van der Waals surface area contributed by atoms with Crippen LogP contribution in [0.3, 0.4) is 0 Å². The predicted molar refractivity (Wildman–Crippen MR) is 89.0 cm³/mol. The van der Waals surface area contributed by atoms with E-state index in [4.69, 9.17) is 0 Å². The summed E-state index contributed by atoms with van der Waals surface area (Å²) in [5.74, 6) is 1.14. The highest BCUT2D eigenvalue weighted by Gasteiger charge is 2.10. The first-order valence-corrected chi connectivity index (χ1v) is 8.83. The average Bonchev–Trinajstić information content (AvgIpc) is 2.41. The Labute approximate surface area is 131 Å². The fourth-order valence-electron chi connectivity index (χ4n) is 2.11. The second kappa shape index (κ2) is 6.31. The molecule has 0 aliphatic carbocycles. The number of nitrogens with zero attached hydrogens (tertiary/aromatic N) is 2. The maximum atomic E-state index is 11.1. The number of para-hydroxylation sites is 1.